The molecule has 3 heteroatoms. The van der Waals surface area contributed by atoms with Gasteiger partial charge in [-0.05, 0) is 12.5 Å². The number of benzene rings is 1. The lowest BCUT2D eigenvalue weighted by molar-refractivity contribution is -0.0566. The molecule has 2 atom stereocenters. The molecular weight excluding hydrogens is 178 g/mol. The van der Waals surface area contributed by atoms with Gasteiger partial charge in [0.05, 0.1) is 6.61 Å². The molecule has 1 aromatic rings. The van der Waals surface area contributed by atoms with Crippen molar-refractivity contribution in [2.24, 2.45) is 0 Å². The highest BCUT2D eigenvalue weighted by Gasteiger charge is 2.29. The SMILES string of the molecule is CC(O)N1CCOC1c1ccccc1. The van der Waals surface area contributed by atoms with Crippen molar-refractivity contribution in [3.63, 3.8) is 0 Å². The van der Waals surface area contributed by atoms with Gasteiger partial charge in [-0.3, -0.25) is 0 Å². The van der Waals surface area contributed by atoms with Gasteiger partial charge in [-0.25, -0.2) is 4.90 Å². The predicted molar refractivity (Wildman–Crippen MR) is 53.5 cm³/mol. The van der Waals surface area contributed by atoms with Crippen molar-refractivity contribution in [2.45, 2.75) is 19.4 Å². The second-order valence-corrected chi connectivity index (χ2v) is 3.50. The Morgan fingerprint density at radius 3 is 2.79 bits per heavy atom. The highest BCUT2D eigenvalue weighted by atomic mass is 16.5. The summed E-state index contributed by atoms with van der Waals surface area (Å²) in [5.41, 5.74) is 1.10. The molecule has 1 N–H and O–H groups in total. The van der Waals surface area contributed by atoms with Gasteiger partial charge in [0, 0.05) is 6.54 Å². The molecule has 1 fully saturated rings. The van der Waals surface area contributed by atoms with Crippen LogP contribution in [0.25, 0.3) is 0 Å². The maximum atomic E-state index is 9.53. The summed E-state index contributed by atoms with van der Waals surface area (Å²) in [6.07, 6.45) is -0.543. The molecule has 0 amide bonds. The van der Waals surface area contributed by atoms with Crippen LogP contribution in [0.1, 0.15) is 18.7 Å². The molecule has 0 aliphatic carbocycles. The van der Waals surface area contributed by atoms with Gasteiger partial charge in [0.15, 0.2) is 0 Å². The van der Waals surface area contributed by atoms with E-state index in [2.05, 4.69) is 0 Å². The first-order valence-corrected chi connectivity index (χ1v) is 4.89. The highest BCUT2D eigenvalue weighted by Crippen LogP contribution is 2.27. The van der Waals surface area contributed by atoms with E-state index < -0.39 is 6.23 Å². The van der Waals surface area contributed by atoms with Gasteiger partial charge in [0.2, 0.25) is 0 Å². The minimum Gasteiger partial charge on any atom is -0.379 e. The second-order valence-electron chi connectivity index (χ2n) is 3.50. The van der Waals surface area contributed by atoms with E-state index in [-0.39, 0.29) is 6.23 Å². The molecule has 0 spiro atoms. The molecule has 1 aliphatic heterocycles. The zero-order valence-corrected chi connectivity index (χ0v) is 8.26. The summed E-state index contributed by atoms with van der Waals surface area (Å²) in [5, 5.41) is 9.53. The molecule has 76 valence electrons. The average molecular weight is 193 g/mol. The smallest absolute Gasteiger partial charge is 0.138 e. The standard InChI is InChI=1S/C11H15NO2/c1-9(13)12-7-8-14-11(12)10-5-3-2-4-6-10/h2-6,9,11,13H,7-8H2,1H3. The molecule has 1 heterocycles. The van der Waals surface area contributed by atoms with Crippen LogP contribution in [0.2, 0.25) is 0 Å². The van der Waals surface area contributed by atoms with E-state index in [9.17, 15) is 5.11 Å². The summed E-state index contributed by atoms with van der Waals surface area (Å²) in [6.45, 7) is 3.24. The van der Waals surface area contributed by atoms with E-state index in [4.69, 9.17) is 4.74 Å². The van der Waals surface area contributed by atoms with E-state index >= 15 is 0 Å². The molecule has 0 bridgehead atoms. The van der Waals surface area contributed by atoms with Crippen molar-refractivity contribution < 1.29 is 9.84 Å². The first-order valence-electron chi connectivity index (χ1n) is 4.89. The van der Waals surface area contributed by atoms with Gasteiger partial charge >= 0.3 is 0 Å². The monoisotopic (exact) mass is 193 g/mol. The first-order chi connectivity index (χ1) is 6.79. The fourth-order valence-electron chi connectivity index (χ4n) is 1.77. The second kappa shape index (κ2) is 4.09. The molecule has 1 aromatic carbocycles. The Morgan fingerprint density at radius 2 is 2.14 bits per heavy atom. The number of rotatable bonds is 2. The third-order valence-electron chi connectivity index (χ3n) is 2.49. The first kappa shape index (κ1) is 9.65. The molecule has 0 radical (unpaired) electrons. The van der Waals surface area contributed by atoms with Crippen molar-refractivity contribution in [3.05, 3.63) is 35.9 Å². The molecule has 0 saturated carbocycles. The molecule has 1 aliphatic rings. The van der Waals surface area contributed by atoms with Crippen LogP contribution in [0, 0.1) is 0 Å². The van der Waals surface area contributed by atoms with Crippen LogP contribution < -0.4 is 0 Å². The number of aliphatic hydroxyl groups is 1. The van der Waals surface area contributed by atoms with Gasteiger partial charge in [-0.15, -0.1) is 0 Å². The van der Waals surface area contributed by atoms with Gasteiger partial charge in [0.1, 0.15) is 12.5 Å². The van der Waals surface area contributed by atoms with Crippen LogP contribution in [0.4, 0.5) is 0 Å². The Morgan fingerprint density at radius 1 is 1.43 bits per heavy atom. The lowest BCUT2D eigenvalue weighted by atomic mass is 10.2. The summed E-state index contributed by atoms with van der Waals surface area (Å²) in [5.74, 6) is 0. The van der Waals surface area contributed by atoms with E-state index in [1.54, 1.807) is 6.92 Å². The van der Waals surface area contributed by atoms with Crippen LogP contribution >= 0.6 is 0 Å². The lowest BCUT2D eigenvalue weighted by Crippen LogP contribution is -2.32. The summed E-state index contributed by atoms with van der Waals surface area (Å²) >= 11 is 0. The van der Waals surface area contributed by atoms with Crippen LogP contribution in [0.3, 0.4) is 0 Å². The third kappa shape index (κ3) is 1.80. The Hall–Kier alpha value is -0.900. The maximum absolute atomic E-state index is 9.53. The van der Waals surface area contributed by atoms with Crippen molar-refractivity contribution >= 4 is 0 Å². The quantitative estimate of drug-likeness (QED) is 0.769. The Bertz CT molecular complexity index is 287. The summed E-state index contributed by atoms with van der Waals surface area (Å²) in [7, 11) is 0. The van der Waals surface area contributed by atoms with Gasteiger partial charge in [-0.1, -0.05) is 30.3 Å². The van der Waals surface area contributed by atoms with E-state index in [1.165, 1.54) is 0 Å². The molecule has 14 heavy (non-hydrogen) atoms. The molecule has 3 nitrogen and oxygen atoms in total. The molecule has 1 saturated heterocycles. The zero-order valence-electron chi connectivity index (χ0n) is 8.26. The normalized spacial score (nSPS) is 25.1. The Labute approximate surface area is 83.9 Å². The summed E-state index contributed by atoms with van der Waals surface area (Å²) in [6, 6.07) is 9.98. The number of ether oxygens (including phenoxy) is 1. The van der Waals surface area contributed by atoms with Gasteiger partial charge in [-0.2, -0.15) is 0 Å². The molecule has 2 unspecified atom stereocenters. The Balaban J connectivity index is 2.18. The number of hydrogen-bond donors (Lipinski definition) is 1. The fourth-order valence-corrected chi connectivity index (χ4v) is 1.77. The molecule has 2 rings (SSSR count). The van der Waals surface area contributed by atoms with Crippen molar-refractivity contribution in [3.8, 4) is 0 Å². The number of nitrogens with zero attached hydrogens (tertiary/aromatic N) is 1. The fraction of sp³-hybridized carbons (Fsp3) is 0.455. The van der Waals surface area contributed by atoms with Crippen molar-refractivity contribution in [1.82, 2.24) is 4.90 Å². The lowest BCUT2D eigenvalue weighted by Gasteiger charge is -2.25. The van der Waals surface area contributed by atoms with E-state index in [0.29, 0.717) is 6.61 Å². The Kier molecular flexibility index (Phi) is 2.82. The molecule has 0 aromatic heterocycles. The predicted octanol–water partition coefficient (Wildman–Crippen LogP) is 1.36. The van der Waals surface area contributed by atoms with Gasteiger partial charge < -0.3 is 9.84 Å². The van der Waals surface area contributed by atoms with Crippen LogP contribution in [-0.2, 0) is 4.74 Å². The van der Waals surface area contributed by atoms with Crippen LogP contribution in [0.5, 0.6) is 0 Å². The third-order valence-corrected chi connectivity index (χ3v) is 2.49. The summed E-state index contributed by atoms with van der Waals surface area (Å²) < 4.78 is 5.58. The number of aliphatic hydroxyl groups excluding tert-OH is 1. The van der Waals surface area contributed by atoms with Crippen molar-refractivity contribution in [2.75, 3.05) is 13.2 Å². The van der Waals surface area contributed by atoms with Crippen LogP contribution in [0.15, 0.2) is 30.3 Å². The summed E-state index contributed by atoms with van der Waals surface area (Å²) in [4.78, 5) is 1.94. The van der Waals surface area contributed by atoms with Crippen LogP contribution in [-0.4, -0.2) is 29.4 Å². The van der Waals surface area contributed by atoms with Crippen molar-refractivity contribution in [1.29, 1.82) is 0 Å². The topological polar surface area (TPSA) is 32.7 Å². The van der Waals surface area contributed by atoms with Gasteiger partial charge in [0.25, 0.3) is 0 Å². The highest BCUT2D eigenvalue weighted by molar-refractivity contribution is 5.17. The minimum atomic E-state index is -0.456. The zero-order chi connectivity index (χ0) is 9.97. The maximum Gasteiger partial charge on any atom is 0.138 e. The van der Waals surface area contributed by atoms with E-state index in [0.717, 1.165) is 12.1 Å². The number of hydrogen-bond acceptors (Lipinski definition) is 3. The average Bonchev–Trinajstić information content (AvgIpc) is 2.67. The molecular formula is C11H15NO2. The minimum absolute atomic E-state index is 0.0869. The van der Waals surface area contributed by atoms with E-state index in [1.807, 2.05) is 35.2 Å². The largest absolute Gasteiger partial charge is 0.379 e.